The Hall–Kier alpha value is -0.130. The second-order valence-electron chi connectivity index (χ2n) is 2.46. The molecular formula is C6H15NO3S. The Bertz CT molecular complexity index is 194. The zero-order chi connectivity index (χ0) is 7.61. The smallest absolute Gasteiger partial charge is 0.267 e. The van der Waals surface area contributed by atoms with Crippen LogP contribution in [0, 0.1) is 0 Å². The first-order chi connectivity index (χ1) is 4.61. The first-order valence-corrected chi connectivity index (χ1v) is 4.78. The van der Waals surface area contributed by atoms with E-state index in [1.807, 2.05) is 0 Å². The van der Waals surface area contributed by atoms with Gasteiger partial charge in [0.15, 0.2) is 0 Å². The Kier molecular flexibility index (Phi) is 3.99. The van der Waals surface area contributed by atoms with Gasteiger partial charge in [0.1, 0.15) is 0 Å². The topological polar surface area (TPSA) is 66.4 Å². The predicted molar refractivity (Wildman–Crippen MR) is 44.2 cm³/mol. The van der Waals surface area contributed by atoms with Crippen LogP contribution in [0.3, 0.4) is 0 Å². The molecule has 0 radical (unpaired) electrons. The van der Waals surface area contributed by atoms with Crippen LogP contribution < -0.4 is 5.32 Å². The summed E-state index contributed by atoms with van der Waals surface area (Å²) in [6.07, 6.45) is 1.05. The molecule has 0 aromatic rings. The second kappa shape index (κ2) is 4.04. The van der Waals surface area contributed by atoms with E-state index in [2.05, 4.69) is 5.32 Å². The standard InChI is InChI=1S/C5H11NO3S.CH4/c7-10(8,9)5-1-3-6-4-2-5;/h5-6H,1-4H2,(H,7,8,9);1H4. The van der Waals surface area contributed by atoms with E-state index in [1.165, 1.54) is 0 Å². The van der Waals surface area contributed by atoms with Crippen molar-refractivity contribution in [2.45, 2.75) is 25.5 Å². The van der Waals surface area contributed by atoms with Gasteiger partial charge in [-0.1, -0.05) is 7.43 Å². The number of nitrogens with one attached hydrogen (secondary N) is 1. The van der Waals surface area contributed by atoms with E-state index in [0.29, 0.717) is 25.9 Å². The van der Waals surface area contributed by atoms with Crippen molar-refractivity contribution in [3.8, 4) is 0 Å². The lowest BCUT2D eigenvalue weighted by Crippen LogP contribution is -2.35. The molecule has 0 spiro atoms. The molecule has 0 unspecified atom stereocenters. The van der Waals surface area contributed by atoms with E-state index in [9.17, 15) is 8.42 Å². The summed E-state index contributed by atoms with van der Waals surface area (Å²) >= 11 is 0. The molecule has 1 aliphatic heterocycles. The molecule has 0 aromatic heterocycles. The van der Waals surface area contributed by atoms with Gasteiger partial charge in [0.05, 0.1) is 5.25 Å². The molecule has 0 amide bonds. The van der Waals surface area contributed by atoms with E-state index in [0.717, 1.165) is 0 Å². The molecular weight excluding hydrogens is 166 g/mol. The van der Waals surface area contributed by atoms with Crippen molar-refractivity contribution in [2.24, 2.45) is 0 Å². The van der Waals surface area contributed by atoms with E-state index in [4.69, 9.17) is 4.55 Å². The Morgan fingerprint density at radius 3 is 2.00 bits per heavy atom. The molecule has 2 N–H and O–H groups in total. The molecule has 0 saturated carbocycles. The average Bonchev–Trinajstić information content (AvgIpc) is 1.88. The van der Waals surface area contributed by atoms with Gasteiger partial charge >= 0.3 is 0 Å². The zero-order valence-corrected chi connectivity index (χ0v) is 6.39. The van der Waals surface area contributed by atoms with Crippen molar-refractivity contribution in [3.05, 3.63) is 0 Å². The largest absolute Gasteiger partial charge is 0.317 e. The monoisotopic (exact) mass is 181 g/mol. The normalized spacial score (nSPS) is 20.8. The van der Waals surface area contributed by atoms with Crippen molar-refractivity contribution >= 4 is 10.1 Å². The molecule has 1 heterocycles. The van der Waals surface area contributed by atoms with Crippen LogP contribution in [0.4, 0.5) is 0 Å². The quantitative estimate of drug-likeness (QED) is 0.569. The van der Waals surface area contributed by atoms with Crippen LogP contribution in [0.1, 0.15) is 20.3 Å². The number of piperidine rings is 1. The third-order valence-electron chi connectivity index (χ3n) is 1.71. The van der Waals surface area contributed by atoms with Crippen molar-refractivity contribution in [3.63, 3.8) is 0 Å². The predicted octanol–water partition coefficient (Wildman–Crippen LogP) is 0.262. The molecule has 1 saturated heterocycles. The van der Waals surface area contributed by atoms with Gasteiger partial charge in [-0.3, -0.25) is 4.55 Å². The molecule has 0 aromatic carbocycles. The summed E-state index contributed by atoms with van der Waals surface area (Å²) < 4.78 is 29.6. The maximum atomic E-state index is 10.5. The van der Waals surface area contributed by atoms with Gasteiger partial charge < -0.3 is 5.32 Å². The van der Waals surface area contributed by atoms with Gasteiger partial charge in [0, 0.05) is 0 Å². The third kappa shape index (κ3) is 3.18. The van der Waals surface area contributed by atoms with Crippen LogP contribution in [-0.2, 0) is 10.1 Å². The fraction of sp³-hybridized carbons (Fsp3) is 1.00. The van der Waals surface area contributed by atoms with E-state index >= 15 is 0 Å². The van der Waals surface area contributed by atoms with E-state index < -0.39 is 15.4 Å². The van der Waals surface area contributed by atoms with Gasteiger partial charge in [-0.2, -0.15) is 8.42 Å². The Labute approximate surface area is 67.7 Å². The summed E-state index contributed by atoms with van der Waals surface area (Å²) in [6, 6.07) is 0. The number of hydrogen-bond acceptors (Lipinski definition) is 3. The Balaban J connectivity index is 0.000001000. The average molecular weight is 181 g/mol. The second-order valence-corrected chi connectivity index (χ2v) is 4.16. The molecule has 0 aliphatic carbocycles. The Morgan fingerprint density at radius 2 is 1.73 bits per heavy atom. The van der Waals surface area contributed by atoms with Gasteiger partial charge in [-0.05, 0) is 25.9 Å². The Morgan fingerprint density at radius 1 is 1.27 bits per heavy atom. The van der Waals surface area contributed by atoms with Crippen LogP contribution in [0.25, 0.3) is 0 Å². The van der Waals surface area contributed by atoms with Crippen LogP contribution >= 0.6 is 0 Å². The van der Waals surface area contributed by atoms with Gasteiger partial charge in [-0.25, -0.2) is 0 Å². The zero-order valence-electron chi connectivity index (χ0n) is 5.58. The van der Waals surface area contributed by atoms with E-state index in [-0.39, 0.29) is 7.43 Å². The first kappa shape index (κ1) is 10.9. The highest BCUT2D eigenvalue weighted by molar-refractivity contribution is 7.86. The SMILES string of the molecule is C.O=S(=O)(O)C1CCNCC1. The molecule has 0 atom stereocenters. The first-order valence-electron chi connectivity index (χ1n) is 3.28. The maximum Gasteiger partial charge on any atom is 0.267 e. The highest BCUT2D eigenvalue weighted by Crippen LogP contribution is 2.10. The van der Waals surface area contributed by atoms with Crippen LogP contribution in [-0.4, -0.2) is 31.3 Å². The summed E-state index contributed by atoms with van der Waals surface area (Å²) in [4.78, 5) is 0. The van der Waals surface area contributed by atoms with Crippen molar-refractivity contribution in [1.82, 2.24) is 5.32 Å². The fourth-order valence-corrected chi connectivity index (χ4v) is 1.92. The molecule has 5 heteroatoms. The minimum absolute atomic E-state index is 0. The fourth-order valence-electron chi connectivity index (χ4n) is 1.09. The molecule has 0 bridgehead atoms. The molecule has 1 aliphatic rings. The van der Waals surface area contributed by atoms with Crippen molar-refractivity contribution in [2.75, 3.05) is 13.1 Å². The highest BCUT2D eigenvalue weighted by Gasteiger charge is 2.24. The summed E-state index contributed by atoms with van der Waals surface area (Å²) in [5, 5.41) is 2.48. The summed E-state index contributed by atoms with van der Waals surface area (Å²) in [7, 11) is -3.77. The highest BCUT2D eigenvalue weighted by atomic mass is 32.2. The van der Waals surface area contributed by atoms with Gasteiger partial charge in [0.25, 0.3) is 10.1 Å². The lowest BCUT2D eigenvalue weighted by Gasteiger charge is -2.19. The van der Waals surface area contributed by atoms with Gasteiger partial charge in [-0.15, -0.1) is 0 Å². The number of rotatable bonds is 1. The lowest BCUT2D eigenvalue weighted by molar-refractivity contribution is 0.432. The maximum absolute atomic E-state index is 10.5. The van der Waals surface area contributed by atoms with Crippen LogP contribution in [0.15, 0.2) is 0 Å². The van der Waals surface area contributed by atoms with Crippen LogP contribution in [0.2, 0.25) is 0 Å². The molecule has 1 rings (SSSR count). The summed E-state index contributed by atoms with van der Waals surface area (Å²) in [5.41, 5.74) is 0. The minimum atomic E-state index is -3.77. The van der Waals surface area contributed by atoms with Crippen molar-refractivity contribution in [1.29, 1.82) is 0 Å². The molecule has 11 heavy (non-hydrogen) atoms. The lowest BCUT2D eigenvalue weighted by atomic mass is 10.2. The molecule has 68 valence electrons. The summed E-state index contributed by atoms with van der Waals surface area (Å²) in [5.74, 6) is 0. The van der Waals surface area contributed by atoms with E-state index in [1.54, 1.807) is 0 Å². The molecule has 1 fully saturated rings. The molecule has 4 nitrogen and oxygen atoms in total. The van der Waals surface area contributed by atoms with Gasteiger partial charge in [0.2, 0.25) is 0 Å². The minimum Gasteiger partial charge on any atom is -0.317 e. The van der Waals surface area contributed by atoms with Crippen LogP contribution in [0.5, 0.6) is 0 Å². The third-order valence-corrected chi connectivity index (χ3v) is 3.02. The van der Waals surface area contributed by atoms with Crippen molar-refractivity contribution < 1.29 is 13.0 Å². The number of hydrogen-bond donors (Lipinski definition) is 2. The summed E-state index contributed by atoms with van der Waals surface area (Å²) in [6.45, 7) is 1.37.